The predicted octanol–water partition coefficient (Wildman–Crippen LogP) is 4.13. The molecule has 0 heterocycles. The lowest BCUT2D eigenvalue weighted by Crippen LogP contribution is -2.27. The fourth-order valence-electron chi connectivity index (χ4n) is 1.93. The van der Waals surface area contributed by atoms with Gasteiger partial charge in [0.1, 0.15) is 5.75 Å². The maximum atomic E-state index is 10.3. The zero-order chi connectivity index (χ0) is 13.5. The van der Waals surface area contributed by atoms with Crippen LogP contribution in [-0.2, 0) is 0 Å². The van der Waals surface area contributed by atoms with Crippen molar-refractivity contribution in [2.45, 2.75) is 47.6 Å². The van der Waals surface area contributed by atoms with Gasteiger partial charge in [-0.2, -0.15) is 0 Å². The molecule has 0 radical (unpaired) electrons. The van der Waals surface area contributed by atoms with Crippen LogP contribution in [0.5, 0.6) is 5.75 Å². The molecule has 0 aliphatic heterocycles. The zero-order valence-electron chi connectivity index (χ0n) is 11.5. The lowest BCUT2D eigenvalue weighted by molar-refractivity contribution is 0.316. The van der Waals surface area contributed by atoms with Gasteiger partial charge < -0.3 is 10.8 Å². The minimum absolute atomic E-state index is 0.0800. The highest BCUT2D eigenvalue weighted by molar-refractivity contribution is 9.10. The average molecular weight is 300 g/mol. The lowest BCUT2D eigenvalue weighted by atomic mass is 9.80. The first-order chi connectivity index (χ1) is 7.59. The van der Waals surface area contributed by atoms with E-state index in [0.29, 0.717) is 5.75 Å². The molecule has 2 nitrogen and oxygen atoms in total. The Morgan fingerprint density at radius 3 is 1.94 bits per heavy atom. The van der Waals surface area contributed by atoms with Gasteiger partial charge in [0, 0.05) is 16.1 Å². The molecular formula is C14H22BrNO. The smallest absolute Gasteiger partial charge is 0.123 e. The Hall–Kier alpha value is -0.540. The molecule has 3 heteroatoms. The molecule has 0 saturated carbocycles. The number of hydrogen-bond acceptors (Lipinski definition) is 2. The summed E-state index contributed by atoms with van der Waals surface area (Å²) in [6.45, 7) is 12.2. The summed E-state index contributed by atoms with van der Waals surface area (Å²) in [5.74, 6) is 0.339. The number of hydrogen-bond donors (Lipinski definition) is 2. The molecular weight excluding hydrogens is 278 g/mol. The monoisotopic (exact) mass is 299 g/mol. The van der Waals surface area contributed by atoms with E-state index in [-0.39, 0.29) is 11.5 Å². The third-order valence-corrected chi connectivity index (χ3v) is 4.67. The molecule has 1 unspecified atom stereocenters. The molecule has 0 aromatic heterocycles. The van der Waals surface area contributed by atoms with Gasteiger partial charge >= 0.3 is 0 Å². The third-order valence-electron chi connectivity index (χ3n) is 3.48. The van der Waals surface area contributed by atoms with E-state index in [1.165, 1.54) is 0 Å². The van der Waals surface area contributed by atoms with Crippen molar-refractivity contribution in [3.8, 4) is 5.75 Å². The van der Waals surface area contributed by atoms with E-state index in [2.05, 4.69) is 36.7 Å². The highest BCUT2D eigenvalue weighted by Crippen LogP contribution is 2.42. The number of rotatable bonds is 1. The van der Waals surface area contributed by atoms with E-state index in [1.54, 1.807) is 0 Å². The summed E-state index contributed by atoms with van der Waals surface area (Å²) in [6, 6.07) is -0.182. The molecule has 3 N–H and O–H groups in total. The summed E-state index contributed by atoms with van der Waals surface area (Å²) in [5, 5.41) is 10.3. The van der Waals surface area contributed by atoms with Gasteiger partial charge in [-0.1, -0.05) is 36.7 Å². The largest absolute Gasteiger partial charge is 0.507 e. The van der Waals surface area contributed by atoms with Gasteiger partial charge in [-0.3, -0.25) is 0 Å². The summed E-state index contributed by atoms with van der Waals surface area (Å²) >= 11 is 3.58. The Bertz CT molecular complexity index is 418. The van der Waals surface area contributed by atoms with Crippen LogP contribution in [-0.4, -0.2) is 5.11 Å². The van der Waals surface area contributed by atoms with Crippen LogP contribution in [0.25, 0.3) is 0 Å². The number of aromatic hydroxyl groups is 1. The van der Waals surface area contributed by atoms with Gasteiger partial charge in [0.2, 0.25) is 0 Å². The summed E-state index contributed by atoms with van der Waals surface area (Å²) in [7, 11) is 0. The van der Waals surface area contributed by atoms with Crippen LogP contribution >= 0.6 is 15.9 Å². The van der Waals surface area contributed by atoms with Crippen LogP contribution in [0.2, 0.25) is 0 Å². The van der Waals surface area contributed by atoms with E-state index < -0.39 is 0 Å². The molecule has 0 aliphatic rings. The van der Waals surface area contributed by atoms with Crippen molar-refractivity contribution in [1.29, 1.82) is 0 Å². The van der Waals surface area contributed by atoms with Gasteiger partial charge in [0.25, 0.3) is 0 Å². The number of nitrogens with two attached hydrogens (primary N) is 1. The molecule has 96 valence electrons. The molecule has 0 spiro atoms. The molecule has 0 aliphatic carbocycles. The molecule has 0 fully saturated rings. The van der Waals surface area contributed by atoms with Crippen molar-refractivity contribution in [3.63, 3.8) is 0 Å². The van der Waals surface area contributed by atoms with Crippen molar-refractivity contribution in [2.24, 2.45) is 11.1 Å². The lowest BCUT2D eigenvalue weighted by Gasteiger charge is -2.30. The predicted molar refractivity (Wildman–Crippen MR) is 76.4 cm³/mol. The summed E-state index contributed by atoms with van der Waals surface area (Å²) in [6.07, 6.45) is 0. The van der Waals surface area contributed by atoms with Crippen molar-refractivity contribution >= 4 is 15.9 Å². The molecule has 0 saturated heterocycles. The number of halogens is 1. The number of benzene rings is 1. The molecule has 1 aromatic carbocycles. The Kier molecular flexibility index (Phi) is 3.94. The van der Waals surface area contributed by atoms with Gasteiger partial charge in [-0.25, -0.2) is 0 Å². The molecule has 1 atom stereocenters. The quantitative estimate of drug-likeness (QED) is 0.819. The van der Waals surface area contributed by atoms with Crippen molar-refractivity contribution in [2.75, 3.05) is 0 Å². The van der Waals surface area contributed by atoms with Crippen molar-refractivity contribution < 1.29 is 5.11 Å². The van der Waals surface area contributed by atoms with E-state index in [0.717, 1.165) is 26.7 Å². The Morgan fingerprint density at radius 1 is 1.06 bits per heavy atom. The average Bonchev–Trinajstić information content (AvgIpc) is 2.22. The molecule has 0 bridgehead atoms. The second-order valence-electron chi connectivity index (χ2n) is 5.79. The third kappa shape index (κ3) is 2.50. The molecule has 1 aromatic rings. The molecule has 1 rings (SSSR count). The maximum absolute atomic E-state index is 10.3. The van der Waals surface area contributed by atoms with E-state index in [9.17, 15) is 5.11 Å². The standard InChI is InChI=1S/C14H22BrNO/c1-7-8(2)12(17)10(9(3)11(7)15)13(16)14(4,5)6/h13,17H,16H2,1-6H3. The van der Waals surface area contributed by atoms with Crippen LogP contribution in [0, 0.1) is 26.2 Å². The topological polar surface area (TPSA) is 46.2 Å². The van der Waals surface area contributed by atoms with Crippen LogP contribution in [0.15, 0.2) is 4.47 Å². The van der Waals surface area contributed by atoms with E-state index >= 15 is 0 Å². The van der Waals surface area contributed by atoms with Gasteiger partial charge in [-0.05, 0) is 42.9 Å². The second kappa shape index (κ2) is 4.62. The van der Waals surface area contributed by atoms with Crippen molar-refractivity contribution in [3.05, 3.63) is 26.7 Å². The first-order valence-corrected chi connectivity index (χ1v) is 6.62. The van der Waals surface area contributed by atoms with E-state index in [1.807, 2.05) is 20.8 Å². The summed E-state index contributed by atoms with van der Waals surface area (Å²) < 4.78 is 1.04. The summed E-state index contributed by atoms with van der Waals surface area (Å²) in [5.41, 5.74) is 10.1. The SMILES string of the molecule is Cc1c(C)c(Br)c(C)c(C(N)C(C)(C)C)c1O. The highest BCUT2D eigenvalue weighted by atomic mass is 79.9. The Labute approximate surface area is 112 Å². The second-order valence-corrected chi connectivity index (χ2v) is 6.59. The van der Waals surface area contributed by atoms with E-state index in [4.69, 9.17) is 5.73 Å². The minimum Gasteiger partial charge on any atom is -0.507 e. The minimum atomic E-state index is -0.182. The normalized spacial score (nSPS) is 13.9. The molecule has 0 amide bonds. The van der Waals surface area contributed by atoms with Crippen LogP contribution in [0.1, 0.15) is 49.1 Å². The Morgan fingerprint density at radius 2 is 1.53 bits per heavy atom. The van der Waals surface area contributed by atoms with Crippen LogP contribution in [0.4, 0.5) is 0 Å². The van der Waals surface area contributed by atoms with Gasteiger partial charge in [-0.15, -0.1) is 0 Å². The van der Waals surface area contributed by atoms with Gasteiger partial charge in [0.15, 0.2) is 0 Å². The van der Waals surface area contributed by atoms with Gasteiger partial charge in [0.05, 0.1) is 0 Å². The summed E-state index contributed by atoms with van der Waals surface area (Å²) in [4.78, 5) is 0. The molecule has 17 heavy (non-hydrogen) atoms. The number of phenols is 1. The van der Waals surface area contributed by atoms with Crippen LogP contribution in [0.3, 0.4) is 0 Å². The maximum Gasteiger partial charge on any atom is 0.123 e. The Balaban J connectivity index is 3.55. The zero-order valence-corrected chi connectivity index (χ0v) is 13.1. The number of phenolic OH excluding ortho intramolecular Hbond substituents is 1. The fraction of sp³-hybridized carbons (Fsp3) is 0.571. The van der Waals surface area contributed by atoms with Crippen molar-refractivity contribution in [1.82, 2.24) is 0 Å². The first kappa shape index (κ1) is 14.5. The van der Waals surface area contributed by atoms with Crippen LogP contribution < -0.4 is 5.73 Å². The highest BCUT2D eigenvalue weighted by Gasteiger charge is 2.28. The fourth-order valence-corrected chi connectivity index (χ4v) is 2.45. The first-order valence-electron chi connectivity index (χ1n) is 5.82.